The predicted octanol–water partition coefficient (Wildman–Crippen LogP) is 2.83. The summed E-state index contributed by atoms with van der Waals surface area (Å²) in [4.78, 5) is 11.9. The fraction of sp³-hybridized carbons (Fsp3) is 0.188. The zero-order chi connectivity index (χ0) is 14.5. The Labute approximate surface area is 117 Å². The highest BCUT2D eigenvalue weighted by Gasteiger charge is 2.10. The highest BCUT2D eigenvalue weighted by atomic mass is 19.1. The fourth-order valence-corrected chi connectivity index (χ4v) is 1.97. The second kappa shape index (κ2) is 6.19. The first-order valence-corrected chi connectivity index (χ1v) is 6.44. The van der Waals surface area contributed by atoms with Crippen LogP contribution in [0.5, 0.6) is 0 Å². The summed E-state index contributed by atoms with van der Waals surface area (Å²) in [5.74, 6) is -0.409. The lowest BCUT2D eigenvalue weighted by Crippen LogP contribution is -2.28. The van der Waals surface area contributed by atoms with Crippen LogP contribution >= 0.6 is 0 Å². The summed E-state index contributed by atoms with van der Waals surface area (Å²) in [6.45, 7) is 1.83. The molecule has 0 aromatic heterocycles. The van der Waals surface area contributed by atoms with Crippen molar-refractivity contribution in [1.29, 1.82) is 0 Å². The van der Waals surface area contributed by atoms with E-state index in [1.807, 2.05) is 19.1 Å². The molecular formula is C16H17FN2O. The number of nitrogen functional groups attached to an aromatic ring is 1. The number of benzene rings is 2. The zero-order valence-electron chi connectivity index (χ0n) is 11.3. The summed E-state index contributed by atoms with van der Waals surface area (Å²) in [6.07, 6.45) is 0.278. The molecule has 104 valence electrons. The van der Waals surface area contributed by atoms with Crippen LogP contribution in [0.15, 0.2) is 48.5 Å². The van der Waals surface area contributed by atoms with E-state index in [1.165, 1.54) is 12.1 Å². The molecule has 3 nitrogen and oxygen atoms in total. The van der Waals surface area contributed by atoms with Crippen molar-refractivity contribution in [3.63, 3.8) is 0 Å². The number of nitrogens with two attached hydrogens (primary N) is 1. The SMILES string of the molecule is CC(NC(=O)Cc1ccc(N)cc1)c1cccc(F)c1. The maximum absolute atomic E-state index is 13.1. The van der Waals surface area contributed by atoms with Gasteiger partial charge in [0.2, 0.25) is 5.91 Å². The number of halogens is 1. The first kappa shape index (κ1) is 14.1. The maximum atomic E-state index is 13.1. The van der Waals surface area contributed by atoms with Crippen LogP contribution < -0.4 is 11.1 Å². The van der Waals surface area contributed by atoms with Crippen molar-refractivity contribution < 1.29 is 9.18 Å². The Kier molecular flexibility index (Phi) is 4.35. The number of amides is 1. The molecule has 0 bridgehead atoms. The molecule has 0 spiro atoms. The summed E-state index contributed by atoms with van der Waals surface area (Å²) in [5.41, 5.74) is 7.90. The molecule has 0 saturated heterocycles. The van der Waals surface area contributed by atoms with E-state index in [4.69, 9.17) is 5.73 Å². The van der Waals surface area contributed by atoms with Gasteiger partial charge in [-0.3, -0.25) is 4.79 Å². The molecule has 2 aromatic carbocycles. The maximum Gasteiger partial charge on any atom is 0.224 e. The normalized spacial score (nSPS) is 11.9. The summed E-state index contributed by atoms with van der Waals surface area (Å²) in [7, 11) is 0. The number of nitrogens with one attached hydrogen (secondary N) is 1. The van der Waals surface area contributed by atoms with Gasteiger partial charge in [-0.05, 0) is 42.3 Å². The average Bonchev–Trinajstić information content (AvgIpc) is 2.41. The van der Waals surface area contributed by atoms with E-state index < -0.39 is 0 Å². The van der Waals surface area contributed by atoms with Gasteiger partial charge in [-0.15, -0.1) is 0 Å². The molecule has 2 aromatic rings. The largest absolute Gasteiger partial charge is 0.399 e. The van der Waals surface area contributed by atoms with Gasteiger partial charge in [-0.1, -0.05) is 24.3 Å². The summed E-state index contributed by atoms with van der Waals surface area (Å²) >= 11 is 0. The molecule has 20 heavy (non-hydrogen) atoms. The average molecular weight is 272 g/mol. The third-order valence-electron chi connectivity index (χ3n) is 3.07. The highest BCUT2D eigenvalue weighted by molar-refractivity contribution is 5.79. The van der Waals surface area contributed by atoms with Crippen molar-refractivity contribution in [2.75, 3.05) is 5.73 Å². The Morgan fingerprint density at radius 2 is 1.95 bits per heavy atom. The van der Waals surface area contributed by atoms with E-state index in [-0.39, 0.29) is 24.2 Å². The van der Waals surface area contributed by atoms with Crippen molar-refractivity contribution in [3.05, 3.63) is 65.5 Å². The smallest absolute Gasteiger partial charge is 0.224 e. The van der Waals surface area contributed by atoms with Crippen LogP contribution in [0, 0.1) is 5.82 Å². The third kappa shape index (κ3) is 3.82. The van der Waals surface area contributed by atoms with Crippen LogP contribution in [-0.4, -0.2) is 5.91 Å². The van der Waals surface area contributed by atoms with Crippen molar-refractivity contribution in [3.8, 4) is 0 Å². The fourth-order valence-electron chi connectivity index (χ4n) is 1.97. The molecule has 0 fully saturated rings. The zero-order valence-corrected chi connectivity index (χ0v) is 11.3. The van der Waals surface area contributed by atoms with Crippen LogP contribution in [0.4, 0.5) is 10.1 Å². The minimum Gasteiger partial charge on any atom is -0.399 e. The van der Waals surface area contributed by atoms with Gasteiger partial charge in [0.05, 0.1) is 12.5 Å². The van der Waals surface area contributed by atoms with Gasteiger partial charge in [-0.25, -0.2) is 4.39 Å². The lowest BCUT2D eigenvalue weighted by atomic mass is 10.1. The number of hydrogen-bond donors (Lipinski definition) is 2. The molecule has 3 N–H and O–H groups in total. The molecule has 0 radical (unpaired) electrons. The first-order chi connectivity index (χ1) is 9.54. The Hall–Kier alpha value is -2.36. The van der Waals surface area contributed by atoms with E-state index in [9.17, 15) is 9.18 Å². The van der Waals surface area contributed by atoms with E-state index in [2.05, 4.69) is 5.32 Å². The second-order valence-corrected chi connectivity index (χ2v) is 4.76. The lowest BCUT2D eigenvalue weighted by Gasteiger charge is -2.14. The van der Waals surface area contributed by atoms with Crippen molar-refractivity contribution >= 4 is 11.6 Å². The number of carbonyl (C=O) groups excluding carboxylic acids is 1. The standard InChI is InChI=1S/C16H17FN2O/c1-11(13-3-2-4-14(17)10-13)19-16(20)9-12-5-7-15(18)8-6-12/h2-8,10-11H,9,18H2,1H3,(H,19,20). The van der Waals surface area contributed by atoms with Gasteiger partial charge < -0.3 is 11.1 Å². The number of rotatable bonds is 4. The Bertz CT molecular complexity index is 596. The van der Waals surface area contributed by atoms with Gasteiger partial charge in [0, 0.05) is 5.69 Å². The second-order valence-electron chi connectivity index (χ2n) is 4.76. The van der Waals surface area contributed by atoms with Gasteiger partial charge >= 0.3 is 0 Å². The highest BCUT2D eigenvalue weighted by Crippen LogP contribution is 2.14. The molecular weight excluding hydrogens is 255 g/mol. The van der Waals surface area contributed by atoms with Crippen LogP contribution in [-0.2, 0) is 11.2 Å². The van der Waals surface area contributed by atoms with Crippen molar-refractivity contribution in [2.24, 2.45) is 0 Å². The van der Waals surface area contributed by atoms with Crippen molar-refractivity contribution in [2.45, 2.75) is 19.4 Å². The Morgan fingerprint density at radius 1 is 1.25 bits per heavy atom. The Balaban J connectivity index is 1.95. The van der Waals surface area contributed by atoms with Crippen LogP contribution in [0.2, 0.25) is 0 Å². The third-order valence-corrected chi connectivity index (χ3v) is 3.07. The number of carbonyl (C=O) groups is 1. The predicted molar refractivity (Wildman–Crippen MR) is 77.5 cm³/mol. The minimum atomic E-state index is -0.304. The van der Waals surface area contributed by atoms with Gasteiger partial charge in [0.25, 0.3) is 0 Å². The molecule has 0 aliphatic heterocycles. The molecule has 1 amide bonds. The topological polar surface area (TPSA) is 55.1 Å². The summed E-state index contributed by atoms with van der Waals surface area (Å²) in [5, 5.41) is 2.85. The number of hydrogen-bond acceptors (Lipinski definition) is 2. The van der Waals surface area contributed by atoms with Gasteiger partial charge in [0.15, 0.2) is 0 Å². The number of anilines is 1. The van der Waals surface area contributed by atoms with E-state index >= 15 is 0 Å². The quantitative estimate of drug-likeness (QED) is 0.841. The lowest BCUT2D eigenvalue weighted by molar-refractivity contribution is -0.121. The van der Waals surface area contributed by atoms with Gasteiger partial charge in [-0.2, -0.15) is 0 Å². The summed E-state index contributed by atoms with van der Waals surface area (Å²) < 4.78 is 13.1. The molecule has 0 aliphatic carbocycles. The molecule has 1 unspecified atom stereocenters. The molecule has 0 saturated carbocycles. The molecule has 1 atom stereocenters. The minimum absolute atomic E-state index is 0.105. The molecule has 0 aliphatic rings. The van der Waals surface area contributed by atoms with Gasteiger partial charge in [0.1, 0.15) is 5.82 Å². The first-order valence-electron chi connectivity index (χ1n) is 6.44. The summed E-state index contributed by atoms with van der Waals surface area (Å²) in [6, 6.07) is 13.2. The van der Waals surface area contributed by atoms with E-state index in [0.29, 0.717) is 5.69 Å². The van der Waals surface area contributed by atoms with Crippen LogP contribution in [0.1, 0.15) is 24.1 Å². The van der Waals surface area contributed by atoms with Crippen LogP contribution in [0.25, 0.3) is 0 Å². The molecule has 0 heterocycles. The van der Waals surface area contributed by atoms with E-state index in [0.717, 1.165) is 11.1 Å². The molecule has 2 rings (SSSR count). The van der Waals surface area contributed by atoms with Crippen LogP contribution in [0.3, 0.4) is 0 Å². The van der Waals surface area contributed by atoms with E-state index in [1.54, 1.807) is 24.3 Å². The molecule has 4 heteroatoms. The monoisotopic (exact) mass is 272 g/mol. The Morgan fingerprint density at radius 3 is 2.60 bits per heavy atom. The van der Waals surface area contributed by atoms with Crippen molar-refractivity contribution in [1.82, 2.24) is 5.32 Å².